The summed E-state index contributed by atoms with van der Waals surface area (Å²) in [7, 11) is 0. The van der Waals surface area contributed by atoms with Gasteiger partial charge in [-0.3, -0.25) is 0 Å². The van der Waals surface area contributed by atoms with Crippen molar-refractivity contribution < 1.29 is 0 Å². The third kappa shape index (κ3) is 2.96. The van der Waals surface area contributed by atoms with E-state index in [1.54, 1.807) is 0 Å². The number of nitrogens with one attached hydrogen (secondary N) is 1. The van der Waals surface area contributed by atoms with Gasteiger partial charge in [-0.15, -0.1) is 12.4 Å². The molecule has 0 amide bonds. The van der Waals surface area contributed by atoms with Crippen LogP contribution in [0.1, 0.15) is 49.1 Å². The van der Waals surface area contributed by atoms with Gasteiger partial charge in [-0.2, -0.15) is 0 Å². The average Bonchev–Trinajstić information content (AvgIpc) is 2.83. The minimum atomic E-state index is 0. The van der Waals surface area contributed by atoms with E-state index >= 15 is 0 Å². The molecule has 1 fully saturated rings. The van der Waals surface area contributed by atoms with E-state index in [4.69, 9.17) is 5.73 Å². The van der Waals surface area contributed by atoms with Crippen molar-refractivity contribution in [2.45, 2.75) is 44.4 Å². The van der Waals surface area contributed by atoms with Crippen LogP contribution in [0.2, 0.25) is 0 Å². The number of fused-ring (bicyclic) bond motifs is 1. The fourth-order valence-electron chi connectivity index (χ4n) is 3.25. The predicted molar refractivity (Wildman–Crippen MR) is 84.1 cm³/mol. The Morgan fingerprint density at radius 3 is 2.68 bits per heavy atom. The van der Waals surface area contributed by atoms with Gasteiger partial charge >= 0.3 is 0 Å². The molecule has 3 rings (SSSR count). The Morgan fingerprint density at radius 1 is 1.16 bits per heavy atom. The molecule has 0 spiro atoms. The van der Waals surface area contributed by atoms with Gasteiger partial charge in [-0.1, -0.05) is 25.3 Å². The van der Waals surface area contributed by atoms with Gasteiger partial charge < -0.3 is 10.7 Å². The molecule has 1 aliphatic carbocycles. The Bertz CT molecular complexity index is 527. The second-order valence-electron chi connectivity index (χ2n) is 5.49. The molecular formula is C16H23ClN2. The first-order chi connectivity index (χ1) is 8.88. The van der Waals surface area contributed by atoms with Crippen LogP contribution in [0.15, 0.2) is 24.4 Å². The largest absolute Gasteiger partial charge is 0.361 e. The van der Waals surface area contributed by atoms with Crippen molar-refractivity contribution in [2.75, 3.05) is 6.54 Å². The number of H-pyrrole nitrogens is 1. The zero-order valence-electron chi connectivity index (χ0n) is 11.3. The smallest absolute Gasteiger partial charge is 0.0456 e. The lowest BCUT2D eigenvalue weighted by Gasteiger charge is -2.22. The molecule has 2 nitrogen and oxygen atoms in total. The number of nitrogens with two attached hydrogens (primary N) is 1. The molecule has 1 heterocycles. The minimum absolute atomic E-state index is 0. The predicted octanol–water partition coefficient (Wildman–Crippen LogP) is 4.14. The summed E-state index contributed by atoms with van der Waals surface area (Å²) in [6.45, 7) is 0.723. The number of rotatable bonds is 3. The summed E-state index contributed by atoms with van der Waals surface area (Å²) < 4.78 is 0. The first-order valence-corrected chi connectivity index (χ1v) is 7.18. The van der Waals surface area contributed by atoms with E-state index in [2.05, 4.69) is 29.4 Å². The summed E-state index contributed by atoms with van der Waals surface area (Å²) in [5, 5.41) is 1.38. The molecule has 104 valence electrons. The lowest BCUT2D eigenvalue weighted by atomic mass is 9.83. The zero-order valence-corrected chi connectivity index (χ0v) is 12.1. The van der Waals surface area contributed by atoms with Crippen LogP contribution in [0.4, 0.5) is 0 Å². The molecular weight excluding hydrogens is 256 g/mol. The van der Waals surface area contributed by atoms with Gasteiger partial charge in [-0.25, -0.2) is 0 Å². The molecule has 3 N–H and O–H groups in total. The van der Waals surface area contributed by atoms with Crippen molar-refractivity contribution in [3.8, 4) is 0 Å². The van der Waals surface area contributed by atoms with Gasteiger partial charge in [0.1, 0.15) is 0 Å². The van der Waals surface area contributed by atoms with E-state index in [9.17, 15) is 0 Å². The number of benzene rings is 1. The van der Waals surface area contributed by atoms with E-state index in [0.717, 1.165) is 18.9 Å². The summed E-state index contributed by atoms with van der Waals surface area (Å²) >= 11 is 0. The van der Waals surface area contributed by atoms with Crippen molar-refractivity contribution in [1.82, 2.24) is 4.98 Å². The maximum absolute atomic E-state index is 5.68. The first-order valence-electron chi connectivity index (χ1n) is 7.18. The number of aromatic nitrogens is 1. The number of hydrogen-bond donors (Lipinski definition) is 2. The highest BCUT2D eigenvalue weighted by Crippen LogP contribution is 2.34. The standard InChI is InChI=1S/C16H22N2.ClH/c17-9-8-14-11-18-16-7-6-13(10-15(14)16)12-4-2-1-3-5-12;/h6-7,10-12,18H,1-5,8-9,17H2;1H. The Labute approximate surface area is 121 Å². The molecule has 0 saturated heterocycles. The van der Waals surface area contributed by atoms with Crippen molar-refractivity contribution >= 4 is 23.3 Å². The Hall–Kier alpha value is -0.990. The first kappa shape index (κ1) is 14.4. The lowest BCUT2D eigenvalue weighted by Crippen LogP contribution is -2.04. The van der Waals surface area contributed by atoms with Crippen molar-refractivity contribution in [2.24, 2.45) is 5.73 Å². The van der Waals surface area contributed by atoms with Crippen LogP contribution in [0, 0.1) is 0 Å². The molecule has 1 aromatic carbocycles. The number of hydrogen-bond acceptors (Lipinski definition) is 1. The van der Waals surface area contributed by atoms with Gasteiger partial charge in [0.05, 0.1) is 0 Å². The third-order valence-electron chi connectivity index (χ3n) is 4.28. The maximum atomic E-state index is 5.68. The highest BCUT2D eigenvalue weighted by molar-refractivity contribution is 5.85. The molecule has 0 radical (unpaired) electrons. The van der Waals surface area contributed by atoms with Crippen LogP contribution in [0.25, 0.3) is 10.9 Å². The second kappa shape index (κ2) is 6.44. The molecule has 0 bridgehead atoms. The Kier molecular flexibility index (Phi) is 4.89. The van der Waals surface area contributed by atoms with Crippen LogP contribution in [0.3, 0.4) is 0 Å². The topological polar surface area (TPSA) is 41.8 Å². The summed E-state index contributed by atoms with van der Waals surface area (Å²) in [5.41, 5.74) is 9.82. The molecule has 0 aliphatic heterocycles. The van der Waals surface area contributed by atoms with Crippen molar-refractivity contribution in [3.05, 3.63) is 35.5 Å². The number of halogens is 1. The van der Waals surface area contributed by atoms with E-state index in [0.29, 0.717) is 0 Å². The summed E-state index contributed by atoms with van der Waals surface area (Å²) in [6, 6.07) is 6.94. The van der Waals surface area contributed by atoms with E-state index < -0.39 is 0 Å². The van der Waals surface area contributed by atoms with Gasteiger partial charge in [0.2, 0.25) is 0 Å². The van der Waals surface area contributed by atoms with Crippen LogP contribution in [-0.4, -0.2) is 11.5 Å². The van der Waals surface area contributed by atoms with Crippen LogP contribution >= 0.6 is 12.4 Å². The van der Waals surface area contributed by atoms with Gasteiger partial charge in [0.15, 0.2) is 0 Å². The maximum Gasteiger partial charge on any atom is 0.0456 e. The normalized spacial score (nSPS) is 16.5. The minimum Gasteiger partial charge on any atom is -0.361 e. The fraction of sp³-hybridized carbons (Fsp3) is 0.500. The quantitative estimate of drug-likeness (QED) is 0.871. The second-order valence-corrected chi connectivity index (χ2v) is 5.49. The molecule has 2 aromatic rings. The summed E-state index contributed by atoms with van der Waals surface area (Å²) in [4.78, 5) is 3.35. The molecule has 0 atom stereocenters. The Balaban J connectivity index is 0.00000133. The molecule has 1 aliphatic rings. The van der Waals surface area contributed by atoms with Crippen LogP contribution < -0.4 is 5.73 Å². The summed E-state index contributed by atoms with van der Waals surface area (Å²) in [5.74, 6) is 0.781. The monoisotopic (exact) mass is 278 g/mol. The molecule has 0 unspecified atom stereocenters. The molecule has 19 heavy (non-hydrogen) atoms. The summed E-state index contributed by atoms with van der Waals surface area (Å²) in [6.07, 6.45) is 10.0. The fourth-order valence-corrected chi connectivity index (χ4v) is 3.25. The zero-order chi connectivity index (χ0) is 12.4. The number of aromatic amines is 1. The Morgan fingerprint density at radius 2 is 1.95 bits per heavy atom. The van der Waals surface area contributed by atoms with E-state index in [-0.39, 0.29) is 12.4 Å². The van der Waals surface area contributed by atoms with Crippen LogP contribution in [-0.2, 0) is 6.42 Å². The average molecular weight is 279 g/mol. The SMILES string of the molecule is Cl.NCCc1c[nH]c2ccc(C3CCCCC3)cc12. The van der Waals surface area contributed by atoms with Gasteiger partial charge in [-0.05, 0) is 55.0 Å². The van der Waals surface area contributed by atoms with E-state index in [1.807, 2.05) is 0 Å². The van der Waals surface area contributed by atoms with Crippen molar-refractivity contribution in [3.63, 3.8) is 0 Å². The third-order valence-corrected chi connectivity index (χ3v) is 4.28. The van der Waals surface area contributed by atoms with Gasteiger partial charge in [0, 0.05) is 17.1 Å². The molecule has 1 aromatic heterocycles. The van der Waals surface area contributed by atoms with Gasteiger partial charge in [0.25, 0.3) is 0 Å². The lowest BCUT2D eigenvalue weighted by molar-refractivity contribution is 0.444. The van der Waals surface area contributed by atoms with Crippen LogP contribution in [0.5, 0.6) is 0 Å². The highest BCUT2D eigenvalue weighted by atomic mass is 35.5. The van der Waals surface area contributed by atoms with E-state index in [1.165, 1.54) is 54.1 Å². The molecule has 3 heteroatoms. The van der Waals surface area contributed by atoms with Crippen molar-refractivity contribution in [1.29, 1.82) is 0 Å². The highest BCUT2D eigenvalue weighted by Gasteiger charge is 2.16. The molecule has 1 saturated carbocycles.